The molecule has 4 atom stereocenters. The molecule has 2 saturated heterocycles. The average molecular weight is 635 g/mol. The summed E-state index contributed by atoms with van der Waals surface area (Å²) < 4.78 is 43.3. The van der Waals surface area contributed by atoms with E-state index in [1.165, 1.54) is 12.2 Å². The molecule has 12 nitrogen and oxygen atoms in total. The van der Waals surface area contributed by atoms with Crippen LogP contribution in [-0.2, 0) is 47.6 Å². The first-order valence-corrected chi connectivity index (χ1v) is 14.4. The van der Waals surface area contributed by atoms with E-state index in [9.17, 15) is 19.2 Å². The summed E-state index contributed by atoms with van der Waals surface area (Å²) in [6.45, 7) is 7.44. The minimum atomic E-state index is -0.651. The number of carbonyl (C=O) groups is 4. The van der Waals surface area contributed by atoms with Crippen molar-refractivity contribution in [3.8, 4) is 11.5 Å². The highest BCUT2D eigenvalue weighted by molar-refractivity contribution is 5.88. The molecule has 2 aliphatic heterocycles. The fourth-order valence-electron chi connectivity index (χ4n) is 4.41. The van der Waals surface area contributed by atoms with Gasteiger partial charge in [-0.05, 0) is 47.5 Å². The van der Waals surface area contributed by atoms with Gasteiger partial charge in [-0.25, -0.2) is 19.2 Å². The van der Waals surface area contributed by atoms with Gasteiger partial charge in [-0.3, -0.25) is 0 Å². The molecular weight excluding hydrogens is 600 g/mol. The van der Waals surface area contributed by atoms with Crippen LogP contribution in [0.25, 0.3) is 12.2 Å². The number of ether oxygens (including phenoxy) is 8. The van der Waals surface area contributed by atoms with Gasteiger partial charge in [0.05, 0.1) is 13.2 Å². The van der Waals surface area contributed by atoms with E-state index in [-0.39, 0.29) is 39.6 Å². The quantitative estimate of drug-likeness (QED) is 0.116. The third-order valence-electron chi connectivity index (χ3n) is 6.61. The first-order chi connectivity index (χ1) is 22.3. The van der Waals surface area contributed by atoms with Crippen molar-refractivity contribution in [1.29, 1.82) is 0 Å². The molecule has 0 radical (unpaired) electrons. The Labute approximate surface area is 265 Å². The van der Waals surface area contributed by atoms with E-state index in [0.717, 1.165) is 23.3 Å². The van der Waals surface area contributed by atoms with Crippen molar-refractivity contribution in [2.24, 2.45) is 0 Å². The minimum Gasteiger partial charge on any atom is -0.490 e. The molecule has 0 aliphatic carbocycles. The van der Waals surface area contributed by atoms with E-state index in [1.807, 2.05) is 0 Å². The zero-order valence-electron chi connectivity index (χ0n) is 24.9. The van der Waals surface area contributed by atoms with Crippen molar-refractivity contribution in [3.63, 3.8) is 0 Å². The summed E-state index contributed by atoms with van der Waals surface area (Å²) in [6.07, 6.45) is 5.54. The molecule has 0 N–H and O–H groups in total. The molecule has 0 amide bonds. The second-order valence-electron chi connectivity index (χ2n) is 9.79. The van der Waals surface area contributed by atoms with Crippen LogP contribution in [0.4, 0.5) is 0 Å². The standard InChI is InChI=1S/C34H34O12/c1-3-29(35)41-19-17-39-25-11-5-23(6-12-25)9-15-31(37)45-27-21-43-34-28(22-44-33(27)34)46-32(38)16-10-24-7-13-26(14-8-24)40-18-20-42-30(36)4-2/h3-16,27-28,33-34H,1-2,17-22H2/b15-9+,16-10+/t27-,28-,33-,34-/m1/s1. The summed E-state index contributed by atoms with van der Waals surface area (Å²) in [5.41, 5.74) is 1.49. The third kappa shape index (κ3) is 10.5. The van der Waals surface area contributed by atoms with Gasteiger partial charge in [0.15, 0.2) is 12.2 Å². The van der Waals surface area contributed by atoms with Gasteiger partial charge in [-0.2, -0.15) is 0 Å². The van der Waals surface area contributed by atoms with Gasteiger partial charge >= 0.3 is 23.9 Å². The summed E-state index contributed by atoms with van der Waals surface area (Å²) in [5.74, 6) is -1.02. The number of esters is 4. The molecular formula is C34H34O12. The van der Waals surface area contributed by atoms with E-state index in [0.29, 0.717) is 11.5 Å². The monoisotopic (exact) mass is 634 g/mol. The normalized spacial score (nSPS) is 20.1. The number of benzene rings is 2. The molecule has 2 aromatic carbocycles. The Bertz CT molecular complexity index is 1320. The second kappa shape index (κ2) is 17.3. The third-order valence-corrected chi connectivity index (χ3v) is 6.61. The topological polar surface area (TPSA) is 142 Å². The molecule has 0 spiro atoms. The Hall–Kier alpha value is -5.20. The number of fused-ring (bicyclic) bond motifs is 1. The van der Waals surface area contributed by atoms with Crippen LogP contribution >= 0.6 is 0 Å². The predicted molar refractivity (Wildman–Crippen MR) is 163 cm³/mol. The Morgan fingerprint density at radius 3 is 1.37 bits per heavy atom. The molecule has 0 bridgehead atoms. The molecule has 4 rings (SSSR count). The molecule has 0 aromatic heterocycles. The van der Waals surface area contributed by atoms with Crippen LogP contribution in [0.2, 0.25) is 0 Å². The minimum absolute atomic E-state index is 0.0998. The predicted octanol–water partition coefficient (Wildman–Crippen LogP) is 3.25. The van der Waals surface area contributed by atoms with Gasteiger partial charge in [0.1, 0.15) is 50.1 Å². The molecule has 2 fully saturated rings. The Balaban J connectivity index is 1.16. The maximum atomic E-state index is 12.5. The SMILES string of the molecule is C=CC(=O)OCCOc1ccc(/C=C/C(=O)O[C@@H]2CO[C@H]3[C@@H]2OC[C@H]3OC(=O)/C=C/c2ccc(OCCOC(=O)C=C)cc2)cc1. The van der Waals surface area contributed by atoms with E-state index < -0.39 is 48.3 Å². The summed E-state index contributed by atoms with van der Waals surface area (Å²) in [7, 11) is 0. The van der Waals surface area contributed by atoms with Crippen LogP contribution in [0.15, 0.2) is 86.0 Å². The van der Waals surface area contributed by atoms with Crippen LogP contribution in [0.5, 0.6) is 11.5 Å². The van der Waals surface area contributed by atoms with Crippen molar-refractivity contribution < 1.29 is 57.1 Å². The smallest absolute Gasteiger partial charge is 0.331 e. The van der Waals surface area contributed by atoms with Gasteiger partial charge < -0.3 is 37.9 Å². The fraction of sp³-hybridized carbons (Fsp3) is 0.294. The van der Waals surface area contributed by atoms with Crippen LogP contribution in [0, 0.1) is 0 Å². The van der Waals surface area contributed by atoms with Gasteiger partial charge in [0.25, 0.3) is 0 Å². The summed E-state index contributed by atoms with van der Waals surface area (Å²) in [6, 6.07) is 13.9. The van der Waals surface area contributed by atoms with Crippen molar-refractivity contribution in [1.82, 2.24) is 0 Å². The van der Waals surface area contributed by atoms with Crippen molar-refractivity contribution in [2.45, 2.75) is 24.4 Å². The number of hydrogen-bond donors (Lipinski definition) is 0. The van der Waals surface area contributed by atoms with Crippen molar-refractivity contribution in [2.75, 3.05) is 39.6 Å². The van der Waals surface area contributed by atoms with Crippen molar-refractivity contribution in [3.05, 3.63) is 97.1 Å². The first kappa shape index (κ1) is 33.7. The van der Waals surface area contributed by atoms with Gasteiger partial charge in [-0.15, -0.1) is 0 Å². The largest absolute Gasteiger partial charge is 0.490 e. The van der Waals surface area contributed by atoms with E-state index in [2.05, 4.69) is 13.2 Å². The van der Waals surface area contributed by atoms with Gasteiger partial charge in [0, 0.05) is 24.3 Å². The lowest BCUT2D eigenvalue weighted by atomic mass is 10.1. The van der Waals surface area contributed by atoms with E-state index >= 15 is 0 Å². The number of hydrogen-bond acceptors (Lipinski definition) is 12. The summed E-state index contributed by atoms with van der Waals surface area (Å²) in [5, 5.41) is 0. The maximum absolute atomic E-state index is 12.5. The maximum Gasteiger partial charge on any atom is 0.331 e. The Morgan fingerprint density at radius 1 is 0.609 bits per heavy atom. The van der Waals surface area contributed by atoms with E-state index in [1.54, 1.807) is 60.7 Å². The lowest BCUT2D eigenvalue weighted by molar-refractivity contribution is -0.149. The summed E-state index contributed by atoms with van der Waals surface area (Å²) >= 11 is 0. The zero-order chi connectivity index (χ0) is 32.7. The van der Waals surface area contributed by atoms with E-state index in [4.69, 9.17) is 37.9 Å². The Morgan fingerprint density at radius 2 is 1.00 bits per heavy atom. The highest BCUT2D eigenvalue weighted by atomic mass is 16.7. The van der Waals surface area contributed by atoms with Gasteiger partial charge in [0.2, 0.25) is 0 Å². The van der Waals surface area contributed by atoms with Gasteiger partial charge in [-0.1, -0.05) is 37.4 Å². The number of carbonyl (C=O) groups excluding carboxylic acids is 4. The lowest BCUT2D eigenvalue weighted by Gasteiger charge is -2.16. The molecule has 0 unspecified atom stereocenters. The average Bonchev–Trinajstić information content (AvgIpc) is 3.66. The molecule has 242 valence electrons. The molecule has 12 heteroatoms. The van der Waals surface area contributed by atoms with Crippen LogP contribution in [-0.4, -0.2) is 87.9 Å². The molecule has 2 aliphatic rings. The molecule has 2 aromatic rings. The second-order valence-corrected chi connectivity index (χ2v) is 9.79. The Kier molecular flexibility index (Phi) is 12.7. The van der Waals surface area contributed by atoms with Crippen molar-refractivity contribution >= 4 is 36.0 Å². The number of rotatable bonds is 16. The molecule has 2 heterocycles. The summed E-state index contributed by atoms with van der Waals surface area (Å²) in [4.78, 5) is 47.0. The highest BCUT2D eigenvalue weighted by Crippen LogP contribution is 2.31. The molecule has 46 heavy (non-hydrogen) atoms. The lowest BCUT2D eigenvalue weighted by Crippen LogP contribution is -2.35. The van der Waals surface area contributed by atoms with Crippen LogP contribution in [0.3, 0.4) is 0 Å². The van der Waals surface area contributed by atoms with Crippen LogP contribution in [0.1, 0.15) is 11.1 Å². The molecule has 0 saturated carbocycles. The zero-order valence-corrected chi connectivity index (χ0v) is 24.9. The fourth-order valence-corrected chi connectivity index (χ4v) is 4.41. The first-order valence-electron chi connectivity index (χ1n) is 14.4. The highest BCUT2D eigenvalue weighted by Gasteiger charge is 2.51. The van der Waals surface area contributed by atoms with Crippen LogP contribution < -0.4 is 9.47 Å².